The zero-order valence-electron chi connectivity index (χ0n) is 14.1. The number of anilines is 1. The van der Waals surface area contributed by atoms with Crippen LogP contribution in [0.2, 0.25) is 0 Å². The van der Waals surface area contributed by atoms with Gasteiger partial charge in [0.2, 0.25) is 0 Å². The zero-order valence-corrected chi connectivity index (χ0v) is 14.9. The van der Waals surface area contributed by atoms with Gasteiger partial charge in [0.05, 0.1) is 0 Å². The van der Waals surface area contributed by atoms with Crippen molar-refractivity contribution in [3.05, 3.63) is 66.2 Å². The molecule has 0 amide bonds. The van der Waals surface area contributed by atoms with Crippen LogP contribution in [0.3, 0.4) is 0 Å². The normalized spacial score (nSPS) is 12.3. The molecule has 3 rings (SSSR count). The van der Waals surface area contributed by atoms with Crippen LogP contribution in [0.1, 0.15) is 5.56 Å². The van der Waals surface area contributed by atoms with E-state index in [2.05, 4.69) is 4.72 Å². The van der Waals surface area contributed by atoms with Crippen LogP contribution in [-0.2, 0) is 17.8 Å². The molecule has 0 bridgehead atoms. The molecule has 0 radical (unpaired) electrons. The Morgan fingerprint density at radius 3 is 2.56 bits per heavy atom. The molecule has 0 aliphatic rings. The molecule has 3 aromatic rings. The maximum atomic E-state index is 11.0. The molecule has 1 unspecified atom stereocenters. The highest BCUT2D eigenvalue weighted by atomic mass is 32.2. The van der Waals surface area contributed by atoms with Crippen LogP contribution >= 0.6 is 0 Å². The minimum absolute atomic E-state index is 0.572. The van der Waals surface area contributed by atoms with Gasteiger partial charge in [-0.1, -0.05) is 36.4 Å². The summed E-state index contributed by atoms with van der Waals surface area (Å²) in [6.07, 6.45) is 0. The highest BCUT2D eigenvalue weighted by Crippen LogP contribution is 2.33. The second-order valence-corrected chi connectivity index (χ2v) is 6.69. The minimum Gasteiger partial charge on any atom is -0.456 e. The molecule has 0 aliphatic carbocycles. The Morgan fingerprint density at radius 2 is 1.80 bits per heavy atom. The van der Waals surface area contributed by atoms with Crippen molar-refractivity contribution < 1.29 is 13.5 Å². The molecule has 130 valence electrons. The fourth-order valence-electron chi connectivity index (χ4n) is 2.71. The van der Waals surface area contributed by atoms with Crippen LogP contribution in [-0.4, -0.2) is 27.8 Å². The molecule has 0 saturated heterocycles. The van der Waals surface area contributed by atoms with Gasteiger partial charge in [-0.3, -0.25) is 9.27 Å². The van der Waals surface area contributed by atoms with Crippen molar-refractivity contribution in [1.82, 2.24) is 4.90 Å². The second-order valence-electron chi connectivity index (χ2n) is 5.99. The van der Waals surface area contributed by atoms with Crippen molar-refractivity contribution in [1.29, 1.82) is 0 Å². The maximum absolute atomic E-state index is 11.0. The topological polar surface area (TPSA) is 61.8 Å². The molecule has 3 aromatic carbocycles. The Morgan fingerprint density at radius 1 is 1.04 bits per heavy atom. The fourth-order valence-corrected chi connectivity index (χ4v) is 3.04. The third-order valence-electron chi connectivity index (χ3n) is 3.72. The minimum atomic E-state index is -2.11. The summed E-state index contributed by atoms with van der Waals surface area (Å²) in [5, 5.41) is 2.16. The van der Waals surface area contributed by atoms with Crippen LogP contribution in [0.15, 0.2) is 60.7 Å². The first kappa shape index (κ1) is 17.4. The third-order valence-corrected chi connectivity index (χ3v) is 4.13. The molecule has 5 nitrogen and oxygen atoms in total. The van der Waals surface area contributed by atoms with Gasteiger partial charge in [-0.15, -0.1) is 0 Å². The van der Waals surface area contributed by atoms with E-state index in [1.807, 2.05) is 73.6 Å². The summed E-state index contributed by atoms with van der Waals surface area (Å²) in [4.78, 5) is 2.02. The van der Waals surface area contributed by atoms with E-state index >= 15 is 0 Å². The molecule has 0 spiro atoms. The molecule has 1 atom stereocenters. The molecule has 0 aliphatic heterocycles. The van der Waals surface area contributed by atoms with Gasteiger partial charge in [-0.05, 0) is 43.7 Å². The number of hydrogen-bond acceptors (Lipinski definition) is 3. The lowest BCUT2D eigenvalue weighted by atomic mass is 10.1. The Balaban J connectivity index is 1.99. The summed E-state index contributed by atoms with van der Waals surface area (Å²) in [6, 6.07) is 19.4. The average Bonchev–Trinajstić information content (AvgIpc) is 2.56. The smallest absolute Gasteiger partial charge is 0.259 e. The van der Waals surface area contributed by atoms with Gasteiger partial charge in [-0.2, -0.15) is 0 Å². The highest BCUT2D eigenvalue weighted by Gasteiger charge is 2.10. The van der Waals surface area contributed by atoms with E-state index in [0.717, 1.165) is 27.8 Å². The van der Waals surface area contributed by atoms with E-state index in [1.165, 1.54) is 0 Å². The number of ether oxygens (including phenoxy) is 1. The van der Waals surface area contributed by atoms with Gasteiger partial charge < -0.3 is 9.64 Å². The largest absolute Gasteiger partial charge is 0.456 e. The monoisotopic (exact) mass is 356 g/mol. The Bertz CT molecular complexity index is 907. The third kappa shape index (κ3) is 4.36. The van der Waals surface area contributed by atoms with E-state index in [1.54, 1.807) is 6.07 Å². The van der Waals surface area contributed by atoms with E-state index in [9.17, 15) is 4.21 Å². The van der Waals surface area contributed by atoms with Crippen molar-refractivity contribution in [2.45, 2.75) is 6.54 Å². The Kier molecular flexibility index (Phi) is 5.33. The lowest BCUT2D eigenvalue weighted by Crippen LogP contribution is -2.12. The molecule has 2 N–H and O–H groups in total. The van der Waals surface area contributed by atoms with Crippen LogP contribution < -0.4 is 9.46 Å². The van der Waals surface area contributed by atoms with E-state index in [4.69, 9.17) is 9.29 Å². The molecule has 0 fully saturated rings. The van der Waals surface area contributed by atoms with Crippen molar-refractivity contribution >= 4 is 27.7 Å². The highest BCUT2D eigenvalue weighted by molar-refractivity contribution is 7.80. The van der Waals surface area contributed by atoms with Crippen LogP contribution in [0.25, 0.3) is 10.8 Å². The molecular weight excluding hydrogens is 336 g/mol. The second kappa shape index (κ2) is 7.65. The van der Waals surface area contributed by atoms with Crippen molar-refractivity contribution in [3.63, 3.8) is 0 Å². The Hall–Kier alpha value is -2.41. The van der Waals surface area contributed by atoms with Gasteiger partial charge in [0.1, 0.15) is 11.5 Å². The van der Waals surface area contributed by atoms with Crippen LogP contribution in [0, 0.1) is 0 Å². The number of nitrogens with zero attached hydrogens (tertiary/aromatic N) is 1. The number of rotatable bonds is 6. The van der Waals surface area contributed by atoms with Gasteiger partial charge in [-0.25, -0.2) is 4.21 Å². The summed E-state index contributed by atoms with van der Waals surface area (Å²) in [6.45, 7) is 0.647. The van der Waals surface area contributed by atoms with Crippen molar-refractivity contribution in [2.75, 3.05) is 18.8 Å². The fraction of sp³-hybridized carbons (Fsp3) is 0.158. The van der Waals surface area contributed by atoms with Gasteiger partial charge in [0.15, 0.2) is 0 Å². The maximum Gasteiger partial charge on any atom is 0.259 e. The summed E-state index contributed by atoms with van der Waals surface area (Å²) in [5.41, 5.74) is 1.50. The zero-order chi connectivity index (χ0) is 17.8. The predicted octanol–water partition coefficient (Wildman–Crippen LogP) is 4.24. The van der Waals surface area contributed by atoms with Crippen LogP contribution in [0.5, 0.6) is 11.5 Å². The summed E-state index contributed by atoms with van der Waals surface area (Å²) >= 11 is -2.11. The number of nitrogens with one attached hydrogen (secondary N) is 1. The van der Waals surface area contributed by atoms with Crippen LogP contribution in [0.4, 0.5) is 5.69 Å². The lowest BCUT2D eigenvalue weighted by Gasteiger charge is -2.17. The molecule has 0 heterocycles. The van der Waals surface area contributed by atoms with Crippen molar-refractivity contribution in [2.24, 2.45) is 0 Å². The molecule has 6 heteroatoms. The number of benzene rings is 3. The summed E-state index contributed by atoms with van der Waals surface area (Å²) in [7, 11) is 3.93. The first-order chi connectivity index (χ1) is 12.0. The predicted molar refractivity (Wildman–Crippen MR) is 102 cm³/mol. The first-order valence-corrected chi connectivity index (χ1v) is 8.94. The van der Waals surface area contributed by atoms with Crippen molar-refractivity contribution in [3.8, 4) is 11.5 Å². The number of fused-ring (bicyclic) bond motifs is 1. The Labute approximate surface area is 149 Å². The SMILES string of the molecule is CN(C)Cc1cc(NS(=O)O)ccc1Oc1cccc2ccccc12. The lowest BCUT2D eigenvalue weighted by molar-refractivity contribution is 0.389. The van der Waals surface area contributed by atoms with Gasteiger partial charge in [0.25, 0.3) is 11.3 Å². The van der Waals surface area contributed by atoms with E-state index in [-0.39, 0.29) is 0 Å². The molecule has 25 heavy (non-hydrogen) atoms. The molecular formula is C19H20N2O3S. The van der Waals surface area contributed by atoms with Gasteiger partial charge >= 0.3 is 0 Å². The van der Waals surface area contributed by atoms with Gasteiger partial charge in [0, 0.05) is 23.2 Å². The average molecular weight is 356 g/mol. The van der Waals surface area contributed by atoms with E-state index in [0.29, 0.717) is 12.2 Å². The molecule has 0 aromatic heterocycles. The molecule has 0 saturated carbocycles. The standard InChI is InChI=1S/C19H20N2O3S/c1-21(2)13-15-12-16(20-25(22)23)10-11-18(15)24-19-9-5-7-14-6-3-4-8-17(14)19/h3-12,20H,13H2,1-2H3,(H,22,23). The number of hydrogen-bond donors (Lipinski definition) is 2. The van der Waals surface area contributed by atoms with E-state index < -0.39 is 11.3 Å². The summed E-state index contributed by atoms with van der Waals surface area (Å²) < 4.78 is 28.7. The quantitative estimate of drug-likeness (QED) is 0.649. The summed E-state index contributed by atoms with van der Waals surface area (Å²) in [5.74, 6) is 1.50. The first-order valence-electron chi connectivity index (χ1n) is 7.84.